The van der Waals surface area contributed by atoms with Crippen molar-refractivity contribution in [1.29, 1.82) is 0 Å². The minimum atomic E-state index is -3.89. The van der Waals surface area contributed by atoms with Gasteiger partial charge in [0.05, 0.1) is 4.90 Å². The number of hydrogen-bond donors (Lipinski definition) is 1. The zero-order chi connectivity index (χ0) is 11.6. The molecule has 6 heteroatoms. The molecule has 0 atom stereocenters. The largest absolute Gasteiger partial charge is 0.280 e. The van der Waals surface area contributed by atoms with E-state index in [0.29, 0.717) is 0 Å². The molecule has 0 aliphatic rings. The van der Waals surface area contributed by atoms with Gasteiger partial charge < -0.3 is 0 Å². The van der Waals surface area contributed by atoms with Gasteiger partial charge in [-0.25, -0.2) is 5.84 Å². The van der Waals surface area contributed by atoms with Gasteiger partial charge in [0.15, 0.2) is 0 Å². The summed E-state index contributed by atoms with van der Waals surface area (Å²) in [5, 5.41) is 0. The second-order valence-corrected chi connectivity index (χ2v) is 4.95. The zero-order valence-corrected chi connectivity index (χ0v) is 9.28. The number of carbonyl (C=O) groups is 1. The fourth-order valence-electron chi connectivity index (χ4n) is 0.993. The van der Waals surface area contributed by atoms with E-state index in [1.54, 1.807) is 12.1 Å². The summed E-state index contributed by atoms with van der Waals surface area (Å²) in [4.78, 5) is 10.9. The lowest BCUT2D eigenvalue weighted by Crippen LogP contribution is -2.40. The Hall–Kier alpha value is -1.40. The average Bonchev–Trinajstić information content (AvgIpc) is 2.17. The van der Waals surface area contributed by atoms with Gasteiger partial charge in [-0.05, 0) is 19.1 Å². The molecule has 0 aromatic heterocycles. The summed E-state index contributed by atoms with van der Waals surface area (Å²) >= 11 is 0. The lowest BCUT2D eigenvalue weighted by atomic mass is 10.2. The van der Waals surface area contributed by atoms with E-state index in [1.165, 1.54) is 12.1 Å². The maximum Gasteiger partial charge on any atom is 0.280 e. The molecule has 0 aliphatic carbocycles. The predicted octanol–water partition coefficient (Wildman–Crippen LogP) is 0.406. The van der Waals surface area contributed by atoms with Crippen molar-refractivity contribution < 1.29 is 13.2 Å². The van der Waals surface area contributed by atoms with Crippen LogP contribution in [0.3, 0.4) is 0 Å². The van der Waals surface area contributed by atoms with Gasteiger partial charge >= 0.3 is 0 Å². The van der Waals surface area contributed by atoms with Gasteiger partial charge in [0, 0.05) is 6.92 Å². The molecule has 1 aromatic carbocycles. The summed E-state index contributed by atoms with van der Waals surface area (Å²) in [6.45, 7) is 2.92. The van der Waals surface area contributed by atoms with Crippen LogP contribution in [0.2, 0.25) is 0 Å². The molecular formula is C9H12N2O3S. The number of nitrogens with two attached hydrogens (primary N) is 1. The number of sulfonamides is 1. The van der Waals surface area contributed by atoms with Crippen molar-refractivity contribution >= 4 is 15.9 Å². The van der Waals surface area contributed by atoms with Crippen molar-refractivity contribution in [2.75, 3.05) is 0 Å². The van der Waals surface area contributed by atoms with Crippen LogP contribution in [0, 0.1) is 6.92 Å². The van der Waals surface area contributed by atoms with Crippen molar-refractivity contribution in [1.82, 2.24) is 4.41 Å². The van der Waals surface area contributed by atoms with Crippen LogP contribution < -0.4 is 5.84 Å². The summed E-state index contributed by atoms with van der Waals surface area (Å²) in [5.74, 6) is 4.43. The minimum absolute atomic E-state index is 0.00537. The number of carbonyl (C=O) groups excluding carboxylic acids is 1. The van der Waals surface area contributed by atoms with E-state index in [-0.39, 0.29) is 9.31 Å². The third-order valence-corrected chi connectivity index (χ3v) is 3.53. The van der Waals surface area contributed by atoms with E-state index in [0.717, 1.165) is 12.5 Å². The minimum Gasteiger partial charge on any atom is -0.273 e. The molecule has 0 radical (unpaired) electrons. The number of aryl methyl sites for hydroxylation is 1. The van der Waals surface area contributed by atoms with Gasteiger partial charge in [-0.1, -0.05) is 17.7 Å². The van der Waals surface area contributed by atoms with Crippen molar-refractivity contribution in [2.24, 2.45) is 5.84 Å². The second kappa shape index (κ2) is 4.00. The first kappa shape index (κ1) is 11.7. The zero-order valence-electron chi connectivity index (χ0n) is 8.47. The van der Waals surface area contributed by atoms with E-state index < -0.39 is 15.9 Å². The number of rotatable bonds is 2. The molecule has 0 saturated heterocycles. The third kappa shape index (κ3) is 2.34. The summed E-state index contributed by atoms with van der Waals surface area (Å²) in [6, 6.07) is 6.10. The highest BCUT2D eigenvalue weighted by molar-refractivity contribution is 7.89. The third-order valence-electron chi connectivity index (χ3n) is 1.89. The Morgan fingerprint density at radius 1 is 1.27 bits per heavy atom. The lowest BCUT2D eigenvalue weighted by Gasteiger charge is -2.14. The molecule has 0 saturated carbocycles. The summed E-state index contributed by atoms with van der Waals surface area (Å²) < 4.78 is 23.6. The number of hydrazine groups is 1. The molecule has 15 heavy (non-hydrogen) atoms. The molecule has 0 fully saturated rings. The highest BCUT2D eigenvalue weighted by atomic mass is 32.2. The van der Waals surface area contributed by atoms with Gasteiger partial charge in [-0.15, -0.1) is 0 Å². The maximum absolute atomic E-state index is 11.7. The Balaban J connectivity index is 3.17. The van der Waals surface area contributed by atoms with Gasteiger partial charge in [0.25, 0.3) is 10.0 Å². The smallest absolute Gasteiger partial charge is 0.273 e. The van der Waals surface area contributed by atoms with Crippen molar-refractivity contribution in [3.05, 3.63) is 29.8 Å². The molecule has 1 aromatic rings. The predicted molar refractivity (Wildman–Crippen MR) is 55.1 cm³/mol. The average molecular weight is 228 g/mol. The van der Waals surface area contributed by atoms with Crippen LogP contribution in [0.25, 0.3) is 0 Å². The van der Waals surface area contributed by atoms with Crippen LogP contribution >= 0.6 is 0 Å². The second-order valence-electron chi connectivity index (χ2n) is 3.13. The number of nitrogens with zero attached hydrogens (tertiary/aromatic N) is 1. The molecule has 2 N–H and O–H groups in total. The Morgan fingerprint density at radius 2 is 1.73 bits per heavy atom. The standard InChI is InChI=1S/C9H12N2O3S/c1-7-3-5-9(6-4-7)15(13,14)11(10)8(2)12/h3-6H,10H2,1-2H3. The normalized spacial score (nSPS) is 11.1. The Bertz CT molecular complexity index is 465. The Morgan fingerprint density at radius 3 is 2.13 bits per heavy atom. The molecule has 0 aliphatic heterocycles. The Kier molecular flexibility index (Phi) is 3.11. The fraction of sp³-hybridized carbons (Fsp3) is 0.222. The van der Waals surface area contributed by atoms with Crippen LogP contribution in [0.15, 0.2) is 29.2 Å². The molecule has 82 valence electrons. The summed E-state index contributed by atoms with van der Waals surface area (Å²) in [5.41, 5.74) is 0.931. The topological polar surface area (TPSA) is 80.5 Å². The highest BCUT2D eigenvalue weighted by Gasteiger charge is 2.23. The first-order valence-corrected chi connectivity index (χ1v) is 5.67. The molecule has 0 unspecified atom stereocenters. The van der Waals surface area contributed by atoms with Gasteiger partial charge in [0.2, 0.25) is 5.91 Å². The van der Waals surface area contributed by atoms with E-state index in [2.05, 4.69) is 0 Å². The molecule has 0 heterocycles. The van der Waals surface area contributed by atoms with Crippen molar-refractivity contribution in [3.8, 4) is 0 Å². The van der Waals surface area contributed by atoms with Crippen LogP contribution in [-0.2, 0) is 14.8 Å². The molecular weight excluding hydrogens is 216 g/mol. The summed E-state index contributed by atoms with van der Waals surface area (Å²) in [6.07, 6.45) is 0. The molecule has 5 nitrogen and oxygen atoms in total. The first-order chi connectivity index (χ1) is 6.85. The monoisotopic (exact) mass is 228 g/mol. The van der Waals surface area contributed by atoms with Crippen LogP contribution in [0.4, 0.5) is 0 Å². The van der Waals surface area contributed by atoms with Crippen molar-refractivity contribution in [2.45, 2.75) is 18.7 Å². The number of hydrogen-bond acceptors (Lipinski definition) is 4. The van der Waals surface area contributed by atoms with Gasteiger partial charge in [0.1, 0.15) is 0 Å². The van der Waals surface area contributed by atoms with E-state index in [1.807, 2.05) is 6.92 Å². The van der Waals surface area contributed by atoms with Gasteiger partial charge in [-0.3, -0.25) is 4.79 Å². The molecule has 1 rings (SSSR count). The SMILES string of the molecule is CC(=O)N(N)S(=O)(=O)c1ccc(C)cc1. The maximum atomic E-state index is 11.7. The number of benzene rings is 1. The number of amides is 1. The van der Waals surface area contributed by atoms with E-state index in [4.69, 9.17) is 5.84 Å². The Labute approximate surface area is 88.5 Å². The molecule has 1 amide bonds. The van der Waals surface area contributed by atoms with E-state index in [9.17, 15) is 13.2 Å². The fourth-order valence-corrected chi connectivity index (χ4v) is 2.04. The quantitative estimate of drug-likeness (QED) is 0.451. The first-order valence-electron chi connectivity index (χ1n) is 4.23. The van der Waals surface area contributed by atoms with Gasteiger partial charge in [-0.2, -0.15) is 12.8 Å². The van der Waals surface area contributed by atoms with Crippen LogP contribution in [0.1, 0.15) is 12.5 Å². The van der Waals surface area contributed by atoms with Crippen molar-refractivity contribution in [3.63, 3.8) is 0 Å². The molecule has 0 bridgehead atoms. The van der Waals surface area contributed by atoms with Crippen LogP contribution in [0.5, 0.6) is 0 Å². The molecule has 0 spiro atoms. The van der Waals surface area contributed by atoms with E-state index >= 15 is 0 Å². The highest BCUT2D eigenvalue weighted by Crippen LogP contribution is 2.13. The van der Waals surface area contributed by atoms with Crippen LogP contribution in [-0.4, -0.2) is 18.7 Å². The lowest BCUT2D eigenvalue weighted by molar-refractivity contribution is -0.124. The summed E-state index contributed by atoms with van der Waals surface area (Å²) in [7, 11) is -3.89.